The Balaban J connectivity index is 0.00000353. The number of halogens is 1. The molecule has 2 amide bonds. The van der Waals surface area contributed by atoms with E-state index in [4.69, 9.17) is 15.5 Å². The van der Waals surface area contributed by atoms with Gasteiger partial charge in [-0.2, -0.15) is 0 Å². The van der Waals surface area contributed by atoms with E-state index in [1.165, 1.54) is 0 Å². The summed E-state index contributed by atoms with van der Waals surface area (Å²) >= 11 is 1.59. The summed E-state index contributed by atoms with van der Waals surface area (Å²) in [5, 5.41) is 8.38. The normalized spacial score (nSPS) is 24.4. The van der Waals surface area contributed by atoms with Crippen LogP contribution in [0.15, 0.2) is 52.8 Å². The third-order valence-electron chi connectivity index (χ3n) is 7.73. The maximum Gasteiger partial charge on any atom is 0.288 e. The summed E-state index contributed by atoms with van der Waals surface area (Å²) in [5.41, 5.74) is 7.52. The number of hydrogen-bond donors (Lipinski definition) is 3. The fourth-order valence-corrected chi connectivity index (χ4v) is 6.21. The Kier molecular flexibility index (Phi) is 10.2. The third kappa shape index (κ3) is 7.11. The van der Waals surface area contributed by atoms with Gasteiger partial charge in [-0.1, -0.05) is 36.4 Å². The number of nitrogens with two attached hydrogens (primary N) is 1. The van der Waals surface area contributed by atoms with Crippen molar-refractivity contribution in [2.24, 2.45) is 16.6 Å². The first-order valence-corrected chi connectivity index (χ1v) is 14.5. The zero-order valence-electron chi connectivity index (χ0n) is 22.3. The molecule has 4 atom stereocenters. The summed E-state index contributed by atoms with van der Waals surface area (Å²) in [6.07, 6.45) is 2.53. The van der Waals surface area contributed by atoms with Gasteiger partial charge in [-0.05, 0) is 62.2 Å². The van der Waals surface area contributed by atoms with Gasteiger partial charge in [0.05, 0.1) is 25.2 Å². The minimum absolute atomic E-state index is 0. The molecule has 2 saturated heterocycles. The van der Waals surface area contributed by atoms with Gasteiger partial charge in [-0.15, -0.1) is 23.7 Å². The molecule has 0 saturated carbocycles. The van der Waals surface area contributed by atoms with Crippen LogP contribution >= 0.6 is 23.7 Å². The molecule has 1 unspecified atom stereocenters. The zero-order valence-corrected chi connectivity index (χ0v) is 24.0. The molecule has 5 rings (SSSR count). The van der Waals surface area contributed by atoms with Crippen LogP contribution in [-0.2, 0) is 20.9 Å². The summed E-state index contributed by atoms with van der Waals surface area (Å²) in [7, 11) is 0. The van der Waals surface area contributed by atoms with E-state index in [2.05, 4.69) is 10.6 Å². The Morgan fingerprint density at radius 3 is 2.67 bits per heavy atom. The Morgan fingerprint density at radius 2 is 1.95 bits per heavy atom. The van der Waals surface area contributed by atoms with Crippen molar-refractivity contribution in [2.75, 3.05) is 32.7 Å². The van der Waals surface area contributed by atoms with Crippen molar-refractivity contribution in [3.63, 3.8) is 0 Å². The number of carbonyl (C=O) groups is 2. The van der Waals surface area contributed by atoms with Crippen LogP contribution in [0.3, 0.4) is 0 Å². The number of aliphatic imine (C=N–C) groups is 1. The molecule has 0 aliphatic carbocycles. The van der Waals surface area contributed by atoms with Crippen molar-refractivity contribution in [1.82, 2.24) is 20.4 Å². The summed E-state index contributed by atoms with van der Waals surface area (Å²) in [4.78, 5) is 36.6. The van der Waals surface area contributed by atoms with E-state index >= 15 is 0 Å². The lowest BCUT2D eigenvalue weighted by molar-refractivity contribution is -0.144. The van der Waals surface area contributed by atoms with Gasteiger partial charge in [-0.25, -0.2) is 4.99 Å². The number of amides is 2. The molecular weight excluding hydrogens is 536 g/mol. The number of piperazine rings is 1. The molecule has 3 aliphatic rings. The van der Waals surface area contributed by atoms with Crippen LogP contribution in [0.4, 0.5) is 0 Å². The summed E-state index contributed by atoms with van der Waals surface area (Å²) in [6, 6.07) is 13.2. The minimum atomic E-state index is -0.673. The van der Waals surface area contributed by atoms with Crippen LogP contribution < -0.4 is 16.4 Å². The van der Waals surface area contributed by atoms with Crippen molar-refractivity contribution in [2.45, 2.75) is 57.0 Å². The SMILES string of the molecule is C[C@@H]1N=C(N2CCN(C(=O)C(N)CC3CCNCC3)[C@H](C(=O)NCc3cccs3)C2)O[C@H]1c1ccccc1.Cl. The van der Waals surface area contributed by atoms with E-state index in [-0.39, 0.29) is 36.4 Å². The highest BCUT2D eigenvalue weighted by atomic mass is 35.5. The number of thiophene rings is 1. The topological polar surface area (TPSA) is 112 Å². The first kappa shape index (κ1) is 29.3. The first-order chi connectivity index (χ1) is 18.5. The number of hydrogen-bond acceptors (Lipinski definition) is 8. The molecule has 0 radical (unpaired) electrons. The molecule has 0 bridgehead atoms. The molecule has 212 valence electrons. The summed E-state index contributed by atoms with van der Waals surface area (Å²) in [5.74, 6) is 0.0984. The largest absolute Gasteiger partial charge is 0.455 e. The number of benzene rings is 1. The lowest BCUT2D eigenvalue weighted by Gasteiger charge is -2.42. The van der Waals surface area contributed by atoms with Crippen LogP contribution in [0, 0.1) is 5.92 Å². The highest BCUT2D eigenvalue weighted by Crippen LogP contribution is 2.30. The van der Waals surface area contributed by atoms with Gasteiger partial charge in [0.2, 0.25) is 11.8 Å². The molecule has 39 heavy (non-hydrogen) atoms. The molecule has 11 heteroatoms. The number of piperidine rings is 1. The number of rotatable bonds is 7. The number of ether oxygens (including phenoxy) is 1. The van der Waals surface area contributed by atoms with Gasteiger partial charge in [0, 0.05) is 18.0 Å². The van der Waals surface area contributed by atoms with Crippen molar-refractivity contribution in [3.8, 4) is 0 Å². The maximum atomic E-state index is 13.6. The molecule has 4 N–H and O–H groups in total. The van der Waals surface area contributed by atoms with E-state index in [1.54, 1.807) is 16.2 Å². The average Bonchev–Trinajstić information content (AvgIpc) is 3.62. The van der Waals surface area contributed by atoms with Crippen LogP contribution in [0.5, 0.6) is 0 Å². The molecule has 1 aromatic carbocycles. The Morgan fingerprint density at radius 1 is 1.18 bits per heavy atom. The number of nitrogens with zero attached hydrogens (tertiary/aromatic N) is 3. The van der Waals surface area contributed by atoms with Crippen molar-refractivity contribution in [3.05, 3.63) is 58.3 Å². The fraction of sp³-hybridized carbons (Fsp3) is 0.536. The Bertz CT molecular complexity index is 1110. The van der Waals surface area contributed by atoms with Crippen LogP contribution in [0.1, 0.15) is 42.7 Å². The van der Waals surface area contributed by atoms with E-state index in [1.807, 2.05) is 59.7 Å². The molecule has 0 spiro atoms. The maximum absolute atomic E-state index is 13.6. The number of carbonyl (C=O) groups excluding carboxylic acids is 2. The Labute approximate surface area is 240 Å². The van der Waals surface area contributed by atoms with Gasteiger partial charge in [0.1, 0.15) is 12.1 Å². The van der Waals surface area contributed by atoms with E-state index < -0.39 is 12.1 Å². The van der Waals surface area contributed by atoms with Gasteiger partial charge in [0.25, 0.3) is 6.02 Å². The number of amidine groups is 1. The zero-order chi connectivity index (χ0) is 26.5. The number of nitrogens with one attached hydrogen (secondary N) is 2. The van der Waals surface area contributed by atoms with Gasteiger partial charge < -0.3 is 30.9 Å². The molecule has 2 aromatic rings. The third-order valence-corrected chi connectivity index (χ3v) is 8.61. The second-order valence-corrected chi connectivity index (χ2v) is 11.5. The Hall–Kier alpha value is -2.66. The smallest absolute Gasteiger partial charge is 0.288 e. The fourth-order valence-electron chi connectivity index (χ4n) is 5.57. The van der Waals surface area contributed by atoms with E-state index in [0.717, 1.165) is 36.4 Å². The van der Waals surface area contributed by atoms with E-state index in [9.17, 15) is 9.59 Å². The monoisotopic (exact) mass is 574 g/mol. The minimum Gasteiger partial charge on any atom is -0.455 e. The summed E-state index contributed by atoms with van der Waals surface area (Å²) in [6.45, 7) is 5.63. The molecule has 9 nitrogen and oxygen atoms in total. The predicted octanol–water partition coefficient (Wildman–Crippen LogP) is 2.53. The molecule has 1 aromatic heterocycles. The second-order valence-electron chi connectivity index (χ2n) is 10.4. The standard InChI is InChI=1S/C28H38N6O3S.ClH/c1-19-25(21-6-3-2-4-7-21)37-28(32-19)33-13-14-34(27(36)23(29)16-20-9-11-30-12-10-20)24(18-33)26(35)31-17-22-8-5-15-38-22;/h2-8,15,19-20,23-25,30H,9-14,16-18,29H2,1H3,(H,31,35);1H/t19-,23?,24-,25+;/m0./s1. The van der Waals surface area contributed by atoms with E-state index in [0.29, 0.717) is 44.5 Å². The summed E-state index contributed by atoms with van der Waals surface area (Å²) < 4.78 is 6.30. The highest BCUT2D eigenvalue weighted by molar-refractivity contribution is 7.09. The van der Waals surface area contributed by atoms with Crippen LogP contribution in [0.25, 0.3) is 0 Å². The van der Waals surface area contributed by atoms with Crippen LogP contribution in [0.2, 0.25) is 0 Å². The lowest BCUT2D eigenvalue weighted by Crippen LogP contribution is -2.63. The van der Waals surface area contributed by atoms with Gasteiger partial charge >= 0.3 is 0 Å². The highest BCUT2D eigenvalue weighted by Gasteiger charge is 2.41. The van der Waals surface area contributed by atoms with Crippen LogP contribution in [-0.4, -0.2) is 78.5 Å². The van der Waals surface area contributed by atoms with Crippen molar-refractivity contribution in [1.29, 1.82) is 0 Å². The lowest BCUT2D eigenvalue weighted by atomic mass is 9.90. The van der Waals surface area contributed by atoms with Crippen molar-refractivity contribution >= 4 is 41.6 Å². The van der Waals surface area contributed by atoms with Gasteiger partial charge in [0.15, 0.2) is 0 Å². The predicted molar refractivity (Wildman–Crippen MR) is 156 cm³/mol. The second kappa shape index (κ2) is 13.6. The van der Waals surface area contributed by atoms with Gasteiger partial charge in [-0.3, -0.25) is 9.59 Å². The molecular formula is C28H39ClN6O3S. The first-order valence-electron chi connectivity index (χ1n) is 13.6. The molecule has 4 heterocycles. The molecule has 3 aliphatic heterocycles. The average molecular weight is 575 g/mol. The molecule has 2 fully saturated rings. The van der Waals surface area contributed by atoms with Crippen molar-refractivity contribution < 1.29 is 14.3 Å². The quantitative estimate of drug-likeness (QED) is 0.468.